The molecular formula is C18H23N5O2. The van der Waals surface area contributed by atoms with E-state index in [-0.39, 0.29) is 11.8 Å². The summed E-state index contributed by atoms with van der Waals surface area (Å²) in [6.45, 7) is 7.13. The van der Waals surface area contributed by atoms with Gasteiger partial charge in [-0.3, -0.25) is 19.3 Å². The van der Waals surface area contributed by atoms with Gasteiger partial charge < -0.3 is 9.80 Å². The normalized spacial score (nSPS) is 14.8. The van der Waals surface area contributed by atoms with Gasteiger partial charge in [-0.2, -0.15) is 5.10 Å². The van der Waals surface area contributed by atoms with Crippen LogP contribution < -0.4 is 0 Å². The van der Waals surface area contributed by atoms with Crippen LogP contribution in [0.3, 0.4) is 0 Å². The molecule has 0 saturated carbocycles. The second kappa shape index (κ2) is 7.46. The van der Waals surface area contributed by atoms with E-state index in [1.165, 1.54) is 0 Å². The minimum Gasteiger partial charge on any atom is -0.335 e. The zero-order valence-electron chi connectivity index (χ0n) is 14.6. The summed E-state index contributed by atoms with van der Waals surface area (Å²) < 4.78 is 1.81. The molecule has 1 fully saturated rings. The molecule has 1 aliphatic heterocycles. The number of piperazine rings is 1. The third kappa shape index (κ3) is 4.04. The van der Waals surface area contributed by atoms with Gasteiger partial charge in [-0.15, -0.1) is 0 Å². The SMILES string of the molecule is CC(C)Cn1cc(C(=O)N2CCN(C(=O)c3cccnc3)CC2)cn1. The summed E-state index contributed by atoms with van der Waals surface area (Å²) in [5.41, 5.74) is 1.19. The van der Waals surface area contributed by atoms with E-state index in [2.05, 4.69) is 23.9 Å². The number of amides is 2. The first-order valence-corrected chi connectivity index (χ1v) is 8.55. The van der Waals surface area contributed by atoms with E-state index >= 15 is 0 Å². The molecule has 0 atom stereocenters. The maximum Gasteiger partial charge on any atom is 0.257 e. The average Bonchev–Trinajstić information content (AvgIpc) is 3.09. The monoisotopic (exact) mass is 341 g/mol. The molecule has 2 aromatic heterocycles. The topological polar surface area (TPSA) is 71.3 Å². The molecule has 7 nitrogen and oxygen atoms in total. The van der Waals surface area contributed by atoms with Crippen molar-refractivity contribution < 1.29 is 9.59 Å². The predicted octanol–water partition coefficient (Wildman–Crippen LogP) is 1.53. The lowest BCUT2D eigenvalue weighted by atomic mass is 10.2. The molecule has 2 aromatic rings. The highest BCUT2D eigenvalue weighted by molar-refractivity contribution is 5.95. The van der Waals surface area contributed by atoms with Crippen molar-refractivity contribution in [2.75, 3.05) is 26.2 Å². The lowest BCUT2D eigenvalue weighted by Crippen LogP contribution is -2.50. The molecule has 132 valence electrons. The fourth-order valence-corrected chi connectivity index (χ4v) is 2.92. The van der Waals surface area contributed by atoms with E-state index in [0.29, 0.717) is 43.2 Å². The minimum atomic E-state index is -0.0371. The Hall–Kier alpha value is -2.70. The Balaban J connectivity index is 1.57. The van der Waals surface area contributed by atoms with Crippen LogP contribution in [-0.4, -0.2) is 62.6 Å². The first kappa shape index (κ1) is 17.1. The maximum atomic E-state index is 12.6. The Labute approximate surface area is 147 Å². The molecule has 0 unspecified atom stereocenters. The molecule has 0 spiro atoms. The quantitative estimate of drug-likeness (QED) is 0.845. The number of carbonyl (C=O) groups excluding carboxylic acids is 2. The van der Waals surface area contributed by atoms with Crippen LogP contribution in [-0.2, 0) is 6.54 Å². The van der Waals surface area contributed by atoms with E-state index < -0.39 is 0 Å². The highest BCUT2D eigenvalue weighted by atomic mass is 16.2. The summed E-state index contributed by atoms with van der Waals surface area (Å²) in [5, 5.41) is 4.25. The van der Waals surface area contributed by atoms with Crippen LogP contribution in [0.25, 0.3) is 0 Å². The minimum absolute atomic E-state index is 0.0246. The van der Waals surface area contributed by atoms with Gasteiger partial charge in [0.05, 0.1) is 17.3 Å². The molecular weight excluding hydrogens is 318 g/mol. The van der Waals surface area contributed by atoms with Gasteiger partial charge in [0.15, 0.2) is 0 Å². The summed E-state index contributed by atoms with van der Waals surface area (Å²) in [6.07, 6.45) is 6.64. The highest BCUT2D eigenvalue weighted by Crippen LogP contribution is 2.11. The fourth-order valence-electron chi connectivity index (χ4n) is 2.92. The first-order chi connectivity index (χ1) is 12.0. The Kier molecular flexibility index (Phi) is 5.11. The van der Waals surface area contributed by atoms with Crippen LogP contribution in [0, 0.1) is 5.92 Å². The number of hydrogen-bond acceptors (Lipinski definition) is 4. The highest BCUT2D eigenvalue weighted by Gasteiger charge is 2.26. The van der Waals surface area contributed by atoms with Crippen molar-refractivity contribution in [3.63, 3.8) is 0 Å². The second-order valence-electron chi connectivity index (χ2n) is 6.67. The fraction of sp³-hybridized carbons (Fsp3) is 0.444. The first-order valence-electron chi connectivity index (χ1n) is 8.55. The predicted molar refractivity (Wildman–Crippen MR) is 93.1 cm³/mol. The van der Waals surface area contributed by atoms with Crippen LogP contribution in [0.15, 0.2) is 36.9 Å². The van der Waals surface area contributed by atoms with Crippen molar-refractivity contribution in [1.82, 2.24) is 24.6 Å². The van der Waals surface area contributed by atoms with Gasteiger partial charge in [0.1, 0.15) is 0 Å². The van der Waals surface area contributed by atoms with Crippen molar-refractivity contribution in [3.8, 4) is 0 Å². The molecule has 0 aromatic carbocycles. The molecule has 7 heteroatoms. The number of pyridine rings is 1. The lowest BCUT2D eigenvalue weighted by molar-refractivity contribution is 0.0535. The van der Waals surface area contributed by atoms with Crippen LogP contribution in [0.1, 0.15) is 34.6 Å². The van der Waals surface area contributed by atoms with Gasteiger partial charge in [-0.25, -0.2) is 0 Å². The number of aromatic nitrogens is 3. The van der Waals surface area contributed by atoms with Gasteiger partial charge in [-0.1, -0.05) is 13.8 Å². The van der Waals surface area contributed by atoms with Gasteiger partial charge in [0.25, 0.3) is 11.8 Å². The Morgan fingerprint density at radius 3 is 2.24 bits per heavy atom. The number of rotatable bonds is 4. The molecule has 0 bridgehead atoms. The van der Waals surface area contributed by atoms with E-state index in [0.717, 1.165) is 6.54 Å². The van der Waals surface area contributed by atoms with Crippen molar-refractivity contribution >= 4 is 11.8 Å². The Morgan fingerprint density at radius 2 is 1.68 bits per heavy atom. The molecule has 3 rings (SSSR count). The molecule has 2 amide bonds. The van der Waals surface area contributed by atoms with Crippen LogP contribution in [0.5, 0.6) is 0 Å². The average molecular weight is 341 g/mol. The third-order valence-corrected chi connectivity index (χ3v) is 4.19. The van der Waals surface area contributed by atoms with Gasteiger partial charge in [-0.05, 0) is 18.1 Å². The van der Waals surface area contributed by atoms with Crippen molar-refractivity contribution in [3.05, 3.63) is 48.0 Å². The summed E-state index contributed by atoms with van der Waals surface area (Å²) in [5.74, 6) is 0.415. The van der Waals surface area contributed by atoms with Gasteiger partial charge >= 0.3 is 0 Å². The largest absolute Gasteiger partial charge is 0.335 e. The summed E-state index contributed by atoms with van der Waals surface area (Å²) >= 11 is 0. The smallest absolute Gasteiger partial charge is 0.257 e. The standard InChI is InChI=1S/C18H23N5O2/c1-14(2)12-23-13-16(11-20-23)18(25)22-8-6-21(7-9-22)17(24)15-4-3-5-19-10-15/h3-5,10-11,13-14H,6-9,12H2,1-2H3. The van der Waals surface area contributed by atoms with Gasteiger partial charge in [0.2, 0.25) is 0 Å². The number of hydrogen-bond donors (Lipinski definition) is 0. The number of carbonyl (C=O) groups is 2. The van der Waals surface area contributed by atoms with Crippen LogP contribution in [0.4, 0.5) is 0 Å². The van der Waals surface area contributed by atoms with Gasteiger partial charge in [0, 0.05) is 51.3 Å². The molecule has 25 heavy (non-hydrogen) atoms. The van der Waals surface area contributed by atoms with E-state index in [1.54, 1.807) is 51.4 Å². The maximum absolute atomic E-state index is 12.6. The van der Waals surface area contributed by atoms with Crippen LogP contribution in [0.2, 0.25) is 0 Å². The molecule has 0 N–H and O–H groups in total. The van der Waals surface area contributed by atoms with Crippen molar-refractivity contribution in [2.24, 2.45) is 5.92 Å². The molecule has 3 heterocycles. The second-order valence-corrected chi connectivity index (χ2v) is 6.67. The van der Waals surface area contributed by atoms with Crippen molar-refractivity contribution in [2.45, 2.75) is 20.4 Å². The summed E-state index contributed by atoms with van der Waals surface area (Å²) in [6, 6.07) is 3.51. The molecule has 1 saturated heterocycles. The summed E-state index contributed by atoms with van der Waals surface area (Å²) in [7, 11) is 0. The van der Waals surface area contributed by atoms with Crippen LogP contribution >= 0.6 is 0 Å². The molecule has 1 aliphatic rings. The van der Waals surface area contributed by atoms with E-state index in [9.17, 15) is 9.59 Å². The Morgan fingerprint density at radius 1 is 1.04 bits per heavy atom. The number of nitrogens with zero attached hydrogens (tertiary/aromatic N) is 5. The Bertz CT molecular complexity index is 733. The van der Waals surface area contributed by atoms with E-state index in [1.807, 2.05) is 0 Å². The molecule has 0 radical (unpaired) electrons. The summed E-state index contributed by atoms with van der Waals surface area (Å²) in [4.78, 5) is 32.6. The zero-order valence-corrected chi connectivity index (χ0v) is 14.6. The lowest BCUT2D eigenvalue weighted by Gasteiger charge is -2.34. The molecule has 0 aliphatic carbocycles. The zero-order chi connectivity index (χ0) is 17.8. The third-order valence-electron chi connectivity index (χ3n) is 4.19. The van der Waals surface area contributed by atoms with E-state index in [4.69, 9.17) is 0 Å². The van der Waals surface area contributed by atoms with Crippen molar-refractivity contribution in [1.29, 1.82) is 0 Å².